The van der Waals surface area contributed by atoms with Crippen molar-refractivity contribution in [1.82, 2.24) is 20.0 Å². The molecule has 1 aromatic rings. The summed E-state index contributed by atoms with van der Waals surface area (Å²) in [4.78, 5) is 7.32. The fourth-order valence-corrected chi connectivity index (χ4v) is 4.09. The van der Waals surface area contributed by atoms with Crippen LogP contribution in [0.2, 0.25) is 0 Å². The van der Waals surface area contributed by atoms with Crippen molar-refractivity contribution in [3.05, 3.63) is 35.4 Å². The smallest absolute Gasteiger partial charge is 0.169 e. The van der Waals surface area contributed by atoms with Crippen molar-refractivity contribution in [3.63, 3.8) is 0 Å². The Morgan fingerprint density at radius 3 is 2.32 bits per heavy atom. The zero-order valence-corrected chi connectivity index (χ0v) is 18.3. The Hall–Kier alpha value is -1.21. The number of hydrogen-bond acceptors (Lipinski definition) is 4. The molecule has 0 radical (unpaired) electrons. The zero-order chi connectivity index (χ0) is 19.8. The van der Waals surface area contributed by atoms with Crippen molar-refractivity contribution in [1.29, 1.82) is 0 Å². The number of hydrogen-bond donors (Lipinski definition) is 1. The average Bonchev–Trinajstić information content (AvgIpc) is 2.73. The van der Waals surface area contributed by atoms with Gasteiger partial charge in [0.05, 0.1) is 13.2 Å². The standard InChI is InChI=1S/C22H36N4OS/c1-19(2)21-6-4-20(5-7-21)18-25-10-12-26(13-11-25)22(28)23-8-3-9-24-14-16-27-17-15-24/h4-7,19H,3,8-18H2,1-2H3,(H,23,28). The van der Waals surface area contributed by atoms with Crippen LogP contribution in [0.25, 0.3) is 0 Å². The zero-order valence-electron chi connectivity index (χ0n) is 17.5. The normalized spacial score (nSPS) is 19.2. The summed E-state index contributed by atoms with van der Waals surface area (Å²) in [5.41, 5.74) is 2.82. The highest BCUT2D eigenvalue weighted by atomic mass is 32.1. The molecule has 6 heteroatoms. The van der Waals surface area contributed by atoms with Crippen LogP contribution in [0.1, 0.15) is 37.3 Å². The van der Waals surface area contributed by atoms with Crippen LogP contribution >= 0.6 is 12.2 Å². The number of nitrogens with one attached hydrogen (secondary N) is 1. The summed E-state index contributed by atoms with van der Waals surface area (Å²) in [5.74, 6) is 0.597. The molecule has 1 aromatic carbocycles. The van der Waals surface area contributed by atoms with Gasteiger partial charge in [-0.3, -0.25) is 9.80 Å². The van der Waals surface area contributed by atoms with Crippen molar-refractivity contribution >= 4 is 17.3 Å². The molecule has 2 heterocycles. The lowest BCUT2D eigenvalue weighted by Gasteiger charge is -2.36. The molecule has 0 aromatic heterocycles. The van der Waals surface area contributed by atoms with Gasteiger partial charge in [-0.2, -0.15) is 0 Å². The molecule has 0 aliphatic carbocycles. The largest absolute Gasteiger partial charge is 0.379 e. The van der Waals surface area contributed by atoms with Gasteiger partial charge in [0.2, 0.25) is 0 Å². The first-order chi connectivity index (χ1) is 13.6. The van der Waals surface area contributed by atoms with E-state index in [1.165, 1.54) is 11.1 Å². The number of benzene rings is 1. The highest BCUT2D eigenvalue weighted by molar-refractivity contribution is 7.80. The SMILES string of the molecule is CC(C)c1ccc(CN2CCN(C(=S)NCCCN3CCOCC3)CC2)cc1. The summed E-state index contributed by atoms with van der Waals surface area (Å²) in [6, 6.07) is 9.10. The van der Waals surface area contributed by atoms with E-state index in [1.54, 1.807) is 0 Å². The van der Waals surface area contributed by atoms with E-state index in [0.717, 1.165) is 83.6 Å². The maximum Gasteiger partial charge on any atom is 0.169 e. The monoisotopic (exact) mass is 404 g/mol. The Kier molecular flexibility index (Phi) is 8.52. The minimum absolute atomic E-state index is 0.597. The predicted molar refractivity (Wildman–Crippen MR) is 120 cm³/mol. The minimum atomic E-state index is 0.597. The van der Waals surface area contributed by atoms with Crippen molar-refractivity contribution in [2.45, 2.75) is 32.7 Å². The second kappa shape index (κ2) is 11.1. The highest BCUT2D eigenvalue weighted by Gasteiger charge is 2.19. The van der Waals surface area contributed by atoms with Crippen LogP contribution in [0.3, 0.4) is 0 Å². The molecule has 3 rings (SSSR count). The molecule has 0 atom stereocenters. The first kappa shape index (κ1) is 21.5. The van der Waals surface area contributed by atoms with E-state index >= 15 is 0 Å². The summed E-state index contributed by atoms with van der Waals surface area (Å²) < 4.78 is 5.40. The van der Waals surface area contributed by atoms with E-state index in [9.17, 15) is 0 Å². The van der Waals surface area contributed by atoms with Crippen molar-refractivity contribution in [2.24, 2.45) is 0 Å². The van der Waals surface area contributed by atoms with E-state index in [2.05, 4.69) is 58.1 Å². The summed E-state index contributed by atoms with van der Waals surface area (Å²) >= 11 is 5.61. The molecule has 2 fully saturated rings. The third kappa shape index (κ3) is 6.69. The maximum atomic E-state index is 5.61. The Morgan fingerprint density at radius 2 is 1.68 bits per heavy atom. The van der Waals surface area contributed by atoms with Crippen molar-refractivity contribution in [3.8, 4) is 0 Å². The molecule has 5 nitrogen and oxygen atoms in total. The summed E-state index contributed by atoms with van der Waals surface area (Å²) in [6.07, 6.45) is 1.13. The van der Waals surface area contributed by atoms with Gasteiger partial charge < -0.3 is 15.0 Å². The molecular weight excluding hydrogens is 368 g/mol. The van der Waals surface area contributed by atoms with Gasteiger partial charge in [0, 0.05) is 52.4 Å². The average molecular weight is 405 g/mol. The molecule has 2 aliphatic rings. The third-order valence-corrected chi connectivity index (χ3v) is 6.15. The number of nitrogens with zero attached hydrogens (tertiary/aromatic N) is 3. The van der Waals surface area contributed by atoms with Crippen molar-refractivity contribution in [2.75, 3.05) is 65.6 Å². The number of thiocarbonyl (C=S) groups is 1. The van der Waals surface area contributed by atoms with Crippen molar-refractivity contribution < 1.29 is 4.74 Å². The van der Waals surface area contributed by atoms with Crippen LogP contribution in [0.5, 0.6) is 0 Å². The molecule has 28 heavy (non-hydrogen) atoms. The quantitative estimate of drug-likeness (QED) is 0.555. The molecule has 0 spiro atoms. The predicted octanol–water partition coefficient (Wildman–Crippen LogP) is 2.52. The Bertz CT molecular complexity index is 593. The number of ether oxygens (including phenoxy) is 1. The fourth-order valence-electron chi connectivity index (χ4n) is 3.81. The molecule has 0 bridgehead atoms. The van der Waals surface area contributed by atoms with Gasteiger partial charge in [-0.05, 0) is 42.2 Å². The van der Waals surface area contributed by atoms with Crippen LogP contribution in [0, 0.1) is 0 Å². The summed E-state index contributed by atoms with van der Waals surface area (Å²) in [5, 5.41) is 4.37. The molecular formula is C22H36N4OS. The molecule has 0 unspecified atom stereocenters. The summed E-state index contributed by atoms with van der Waals surface area (Å²) in [6.45, 7) is 15.6. The van der Waals surface area contributed by atoms with Gasteiger partial charge in [0.15, 0.2) is 5.11 Å². The van der Waals surface area contributed by atoms with Gasteiger partial charge in [0.25, 0.3) is 0 Å². The third-order valence-electron chi connectivity index (χ3n) is 5.74. The van der Waals surface area contributed by atoms with Gasteiger partial charge in [-0.1, -0.05) is 38.1 Å². The second-order valence-corrected chi connectivity index (χ2v) is 8.59. The Labute approximate surface area is 176 Å². The Balaban J connectivity index is 1.31. The highest BCUT2D eigenvalue weighted by Crippen LogP contribution is 2.16. The van der Waals surface area contributed by atoms with E-state index in [-0.39, 0.29) is 0 Å². The topological polar surface area (TPSA) is 31.0 Å². The van der Waals surface area contributed by atoms with Crippen LogP contribution in [0.15, 0.2) is 24.3 Å². The lowest BCUT2D eigenvalue weighted by Crippen LogP contribution is -2.51. The lowest BCUT2D eigenvalue weighted by molar-refractivity contribution is 0.0375. The number of morpholine rings is 1. The number of rotatable bonds is 7. The van der Waals surface area contributed by atoms with Gasteiger partial charge >= 0.3 is 0 Å². The van der Waals surface area contributed by atoms with Gasteiger partial charge in [-0.15, -0.1) is 0 Å². The first-order valence-electron chi connectivity index (χ1n) is 10.8. The van der Waals surface area contributed by atoms with E-state index in [4.69, 9.17) is 17.0 Å². The van der Waals surface area contributed by atoms with Crippen LogP contribution in [0.4, 0.5) is 0 Å². The molecule has 0 amide bonds. The Morgan fingerprint density at radius 1 is 1.00 bits per heavy atom. The molecule has 2 aliphatic heterocycles. The molecule has 2 saturated heterocycles. The van der Waals surface area contributed by atoms with Crippen LogP contribution < -0.4 is 5.32 Å². The summed E-state index contributed by atoms with van der Waals surface area (Å²) in [7, 11) is 0. The second-order valence-electron chi connectivity index (χ2n) is 8.20. The van der Waals surface area contributed by atoms with E-state index in [1.807, 2.05) is 0 Å². The maximum absolute atomic E-state index is 5.61. The van der Waals surface area contributed by atoms with Gasteiger partial charge in [0.1, 0.15) is 0 Å². The molecule has 1 N–H and O–H groups in total. The minimum Gasteiger partial charge on any atom is -0.379 e. The fraction of sp³-hybridized carbons (Fsp3) is 0.682. The number of piperazine rings is 1. The van der Waals surface area contributed by atoms with E-state index < -0.39 is 0 Å². The molecule has 156 valence electrons. The molecule has 0 saturated carbocycles. The first-order valence-corrected chi connectivity index (χ1v) is 11.2. The van der Waals surface area contributed by atoms with Crippen LogP contribution in [-0.2, 0) is 11.3 Å². The van der Waals surface area contributed by atoms with E-state index in [0.29, 0.717) is 5.92 Å². The lowest BCUT2D eigenvalue weighted by atomic mass is 10.0. The van der Waals surface area contributed by atoms with Crippen LogP contribution in [-0.4, -0.2) is 85.4 Å². The van der Waals surface area contributed by atoms with Gasteiger partial charge in [-0.25, -0.2) is 0 Å².